The summed E-state index contributed by atoms with van der Waals surface area (Å²) in [5.74, 6) is 0.769. The van der Waals surface area contributed by atoms with Crippen molar-refractivity contribution in [1.29, 1.82) is 0 Å². The SMILES string of the molecule is C=C(C)N=C(C)c1nnc2n1CCN(C(=O)c1cc(C)cc(F)c1)[C@@H]2C. The van der Waals surface area contributed by atoms with Crippen LogP contribution >= 0.6 is 0 Å². The maximum Gasteiger partial charge on any atom is 0.254 e. The quantitative estimate of drug-likeness (QED) is 0.794. The third kappa shape index (κ3) is 3.29. The molecule has 0 unspecified atom stereocenters. The van der Waals surface area contributed by atoms with E-state index in [0.29, 0.717) is 36.0 Å². The zero-order valence-electron chi connectivity index (χ0n) is 15.5. The normalized spacial score (nSPS) is 17.2. The molecule has 0 bridgehead atoms. The molecule has 0 radical (unpaired) electrons. The molecule has 0 saturated carbocycles. The Morgan fingerprint density at radius 3 is 2.65 bits per heavy atom. The number of fused-ring (bicyclic) bond motifs is 1. The predicted octanol–water partition coefficient (Wildman–Crippen LogP) is 3.29. The van der Waals surface area contributed by atoms with Gasteiger partial charge in [0.05, 0.1) is 11.8 Å². The number of aryl methyl sites for hydroxylation is 1. The van der Waals surface area contributed by atoms with Crippen molar-refractivity contribution >= 4 is 11.6 Å². The van der Waals surface area contributed by atoms with Gasteiger partial charge in [0.15, 0.2) is 11.6 Å². The Kier molecular flexibility index (Phi) is 4.71. The van der Waals surface area contributed by atoms with Crippen LogP contribution in [0.5, 0.6) is 0 Å². The van der Waals surface area contributed by atoms with Crippen LogP contribution < -0.4 is 0 Å². The van der Waals surface area contributed by atoms with Crippen LogP contribution in [0.15, 0.2) is 35.5 Å². The molecule has 0 aliphatic carbocycles. The molecule has 2 aromatic rings. The van der Waals surface area contributed by atoms with Crippen molar-refractivity contribution in [2.24, 2.45) is 4.99 Å². The van der Waals surface area contributed by atoms with Gasteiger partial charge in [-0.1, -0.05) is 6.58 Å². The van der Waals surface area contributed by atoms with E-state index in [1.807, 2.05) is 25.3 Å². The van der Waals surface area contributed by atoms with Gasteiger partial charge in [0, 0.05) is 24.4 Å². The zero-order valence-corrected chi connectivity index (χ0v) is 15.5. The Labute approximate surface area is 152 Å². The van der Waals surface area contributed by atoms with E-state index in [4.69, 9.17) is 0 Å². The van der Waals surface area contributed by atoms with E-state index >= 15 is 0 Å². The number of benzene rings is 1. The maximum absolute atomic E-state index is 13.7. The minimum absolute atomic E-state index is 0.205. The lowest BCUT2D eigenvalue weighted by Crippen LogP contribution is -2.41. The number of nitrogens with zero attached hydrogens (tertiary/aromatic N) is 5. The second-order valence-corrected chi connectivity index (χ2v) is 6.66. The number of hydrogen-bond acceptors (Lipinski definition) is 4. The number of rotatable bonds is 3. The molecule has 2 heterocycles. The largest absolute Gasteiger partial charge is 0.327 e. The lowest BCUT2D eigenvalue weighted by atomic mass is 10.1. The summed E-state index contributed by atoms with van der Waals surface area (Å²) in [4.78, 5) is 18.9. The first-order valence-electron chi connectivity index (χ1n) is 8.50. The number of carbonyl (C=O) groups excluding carboxylic acids is 1. The molecule has 0 fully saturated rings. The fraction of sp³-hybridized carbons (Fsp3) is 0.368. The lowest BCUT2D eigenvalue weighted by Gasteiger charge is -2.33. The third-order valence-corrected chi connectivity index (χ3v) is 4.42. The van der Waals surface area contributed by atoms with E-state index in [9.17, 15) is 9.18 Å². The molecule has 136 valence electrons. The lowest BCUT2D eigenvalue weighted by molar-refractivity contribution is 0.0637. The minimum Gasteiger partial charge on any atom is -0.327 e. The summed E-state index contributed by atoms with van der Waals surface area (Å²) in [5.41, 5.74) is 2.50. The van der Waals surface area contributed by atoms with Gasteiger partial charge >= 0.3 is 0 Å². The molecule has 26 heavy (non-hydrogen) atoms. The zero-order chi connectivity index (χ0) is 19.0. The van der Waals surface area contributed by atoms with Gasteiger partial charge in [0.2, 0.25) is 0 Å². The summed E-state index contributed by atoms with van der Waals surface area (Å²) >= 11 is 0. The molecular weight excluding hydrogens is 333 g/mol. The summed E-state index contributed by atoms with van der Waals surface area (Å²) < 4.78 is 15.6. The molecule has 0 spiro atoms. The first-order chi connectivity index (χ1) is 12.3. The number of aromatic nitrogens is 3. The minimum atomic E-state index is -0.407. The standard InChI is InChI=1S/C19H22FN5O/c1-11(2)21-13(4)17-22-23-18-14(5)24(6-7-25(17)18)19(26)15-8-12(3)9-16(20)10-15/h8-10,14H,1,6-7H2,2-5H3/t14-/m1/s1. The molecule has 7 heteroatoms. The Balaban J connectivity index is 1.91. The van der Waals surface area contributed by atoms with Crippen molar-refractivity contribution in [3.63, 3.8) is 0 Å². The van der Waals surface area contributed by atoms with Crippen LogP contribution in [-0.2, 0) is 6.54 Å². The Morgan fingerprint density at radius 2 is 2.00 bits per heavy atom. The van der Waals surface area contributed by atoms with Gasteiger partial charge in [-0.25, -0.2) is 4.39 Å². The molecular formula is C19H22FN5O. The topological polar surface area (TPSA) is 63.4 Å². The van der Waals surface area contributed by atoms with Crippen molar-refractivity contribution in [3.8, 4) is 0 Å². The van der Waals surface area contributed by atoms with E-state index in [1.165, 1.54) is 12.1 Å². The van der Waals surface area contributed by atoms with E-state index in [0.717, 1.165) is 11.3 Å². The van der Waals surface area contributed by atoms with Gasteiger partial charge in [0.1, 0.15) is 5.82 Å². The number of hydrogen-bond donors (Lipinski definition) is 0. The Bertz CT molecular complexity index is 894. The average Bonchev–Trinajstić information content (AvgIpc) is 2.98. The summed E-state index contributed by atoms with van der Waals surface area (Å²) in [6.07, 6.45) is 0. The smallest absolute Gasteiger partial charge is 0.254 e. The molecule has 0 N–H and O–H groups in total. The van der Waals surface area contributed by atoms with Crippen LogP contribution in [0.25, 0.3) is 0 Å². The molecule has 1 aliphatic rings. The number of allylic oxidation sites excluding steroid dienone is 1. The van der Waals surface area contributed by atoms with E-state index < -0.39 is 5.82 Å². The maximum atomic E-state index is 13.7. The van der Waals surface area contributed by atoms with Gasteiger partial charge in [-0.3, -0.25) is 9.79 Å². The molecule has 0 saturated heterocycles. The average molecular weight is 355 g/mol. The molecule has 1 aromatic carbocycles. The second kappa shape index (κ2) is 6.82. The highest BCUT2D eigenvalue weighted by Gasteiger charge is 2.32. The van der Waals surface area contributed by atoms with Crippen LogP contribution in [0.4, 0.5) is 4.39 Å². The first-order valence-corrected chi connectivity index (χ1v) is 8.50. The predicted molar refractivity (Wildman–Crippen MR) is 97.6 cm³/mol. The highest BCUT2D eigenvalue weighted by molar-refractivity contribution is 5.96. The molecule has 1 aromatic heterocycles. The Hall–Kier alpha value is -2.83. The number of amides is 1. The number of aliphatic imine (C=N–C) groups is 1. The van der Waals surface area contributed by atoms with Crippen molar-refractivity contribution in [3.05, 3.63) is 59.1 Å². The second-order valence-electron chi connectivity index (χ2n) is 6.66. The van der Waals surface area contributed by atoms with Crippen LogP contribution in [0.1, 0.15) is 54.4 Å². The highest BCUT2D eigenvalue weighted by Crippen LogP contribution is 2.26. The van der Waals surface area contributed by atoms with E-state index in [-0.39, 0.29) is 11.9 Å². The molecule has 1 amide bonds. The van der Waals surface area contributed by atoms with E-state index in [1.54, 1.807) is 17.9 Å². The highest BCUT2D eigenvalue weighted by atomic mass is 19.1. The van der Waals surface area contributed by atoms with Crippen LogP contribution in [0, 0.1) is 12.7 Å². The summed E-state index contributed by atoms with van der Waals surface area (Å²) in [5, 5.41) is 8.50. The van der Waals surface area contributed by atoms with Crippen molar-refractivity contribution in [2.45, 2.75) is 40.3 Å². The third-order valence-electron chi connectivity index (χ3n) is 4.42. The molecule has 6 nitrogen and oxygen atoms in total. The number of carbonyl (C=O) groups is 1. The fourth-order valence-electron chi connectivity index (χ4n) is 3.29. The van der Waals surface area contributed by atoms with Crippen LogP contribution in [-0.4, -0.2) is 37.8 Å². The summed E-state index contributed by atoms with van der Waals surface area (Å²) in [6.45, 7) is 12.2. The van der Waals surface area contributed by atoms with Gasteiger partial charge in [-0.2, -0.15) is 0 Å². The van der Waals surface area contributed by atoms with Crippen LogP contribution in [0.3, 0.4) is 0 Å². The summed E-state index contributed by atoms with van der Waals surface area (Å²) in [7, 11) is 0. The van der Waals surface area contributed by atoms with Gasteiger partial charge < -0.3 is 9.47 Å². The monoisotopic (exact) mass is 355 g/mol. The fourth-order valence-corrected chi connectivity index (χ4v) is 3.29. The summed E-state index contributed by atoms with van der Waals surface area (Å²) in [6, 6.07) is 4.12. The van der Waals surface area contributed by atoms with Crippen molar-refractivity contribution < 1.29 is 9.18 Å². The van der Waals surface area contributed by atoms with Gasteiger partial charge in [-0.05, 0) is 51.5 Å². The molecule has 1 aliphatic heterocycles. The van der Waals surface area contributed by atoms with Crippen molar-refractivity contribution in [1.82, 2.24) is 19.7 Å². The van der Waals surface area contributed by atoms with Gasteiger partial charge in [0.25, 0.3) is 5.91 Å². The van der Waals surface area contributed by atoms with Crippen molar-refractivity contribution in [2.75, 3.05) is 6.54 Å². The molecule has 1 atom stereocenters. The number of halogens is 1. The van der Waals surface area contributed by atoms with Crippen LogP contribution in [0.2, 0.25) is 0 Å². The first kappa shape index (κ1) is 18.0. The Morgan fingerprint density at radius 1 is 1.27 bits per heavy atom. The van der Waals surface area contributed by atoms with Gasteiger partial charge in [-0.15, -0.1) is 10.2 Å². The van der Waals surface area contributed by atoms with E-state index in [2.05, 4.69) is 21.8 Å². The molecule has 3 rings (SSSR count).